The summed E-state index contributed by atoms with van der Waals surface area (Å²) in [5.41, 5.74) is 0.524. The molecule has 0 aliphatic rings. The van der Waals surface area contributed by atoms with Gasteiger partial charge < -0.3 is 5.32 Å². The minimum absolute atomic E-state index is 0.156. The molecule has 1 aromatic carbocycles. The molecule has 2 aromatic heterocycles. The molecule has 0 saturated carbocycles. The van der Waals surface area contributed by atoms with Gasteiger partial charge in [0.25, 0.3) is 0 Å². The van der Waals surface area contributed by atoms with Crippen LogP contribution >= 0.6 is 0 Å². The summed E-state index contributed by atoms with van der Waals surface area (Å²) in [6, 6.07) is 9.13. The van der Waals surface area contributed by atoms with E-state index >= 15 is 0 Å². The van der Waals surface area contributed by atoms with Gasteiger partial charge >= 0.3 is 5.69 Å². The van der Waals surface area contributed by atoms with Crippen LogP contribution < -0.4 is 11.0 Å². The first kappa shape index (κ1) is 18.6. The van der Waals surface area contributed by atoms with Gasteiger partial charge in [0, 0.05) is 18.7 Å². The Kier molecular flexibility index (Phi) is 5.49. The lowest BCUT2D eigenvalue weighted by Crippen LogP contribution is -2.35. The van der Waals surface area contributed by atoms with Gasteiger partial charge in [-0.05, 0) is 20.8 Å². The van der Waals surface area contributed by atoms with Crippen LogP contribution in [0.15, 0.2) is 41.5 Å². The Morgan fingerprint density at radius 3 is 2.56 bits per heavy atom. The van der Waals surface area contributed by atoms with Gasteiger partial charge in [-0.3, -0.25) is 9.36 Å². The molecule has 1 amide bonds. The van der Waals surface area contributed by atoms with Crippen molar-refractivity contribution < 1.29 is 4.79 Å². The van der Waals surface area contributed by atoms with Crippen LogP contribution in [0.1, 0.15) is 32.6 Å². The summed E-state index contributed by atoms with van der Waals surface area (Å²) in [5.74, 6) is 0.910. The second kappa shape index (κ2) is 7.98. The number of benzene rings is 1. The molecule has 27 heavy (non-hydrogen) atoms. The topological polar surface area (TPSA) is 99.6 Å². The molecule has 2 heterocycles. The molecular formula is C18H23N7O2. The number of hydrogen-bond acceptors (Lipinski definition) is 5. The smallest absolute Gasteiger partial charge is 0.345 e. The van der Waals surface area contributed by atoms with E-state index in [2.05, 4.69) is 20.5 Å². The van der Waals surface area contributed by atoms with Gasteiger partial charge in [-0.15, -0.1) is 5.10 Å². The van der Waals surface area contributed by atoms with Crippen LogP contribution in [0.2, 0.25) is 0 Å². The molecule has 0 saturated heterocycles. The van der Waals surface area contributed by atoms with Crippen molar-refractivity contribution in [2.45, 2.75) is 46.4 Å². The molecule has 9 nitrogen and oxygen atoms in total. The van der Waals surface area contributed by atoms with E-state index in [-0.39, 0.29) is 24.2 Å². The normalized spacial score (nSPS) is 12.1. The quantitative estimate of drug-likeness (QED) is 0.675. The monoisotopic (exact) mass is 369 g/mol. The summed E-state index contributed by atoms with van der Waals surface area (Å²) >= 11 is 0. The standard InChI is InChI=1S/C18H23N7O2/c1-4-23-17(14-9-7-6-8-10-14)22-25(18(23)27)11-15(26)21-13(3)16-19-12-20-24(16)5-2/h6-10,12-13H,4-5,11H2,1-3H3,(H,21,26)/t13-/m1/s1. The number of rotatable bonds is 7. The van der Waals surface area contributed by atoms with E-state index in [1.54, 1.807) is 9.25 Å². The average Bonchev–Trinajstić information content (AvgIpc) is 3.27. The fourth-order valence-electron chi connectivity index (χ4n) is 2.97. The molecule has 0 bridgehead atoms. The van der Waals surface area contributed by atoms with Crippen LogP contribution in [0.25, 0.3) is 11.4 Å². The zero-order chi connectivity index (χ0) is 19.4. The fraction of sp³-hybridized carbons (Fsp3) is 0.389. The molecular weight excluding hydrogens is 346 g/mol. The lowest BCUT2D eigenvalue weighted by Gasteiger charge is -2.13. The number of carbonyl (C=O) groups is 1. The Balaban J connectivity index is 1.78. The van der Waals surface area contributed by atoms with E-state index in [9.17, 15) is 9.59 Å². The van der Waals surface area contributed by atoms with Crippen molar-refractivity contribution in [3.05, 3.63) is 53.0 Å². The summed E-state index contributed by atoms with van der Waals surface area (Å²) in [6.07, 6.45) is 1.46. The largest absolute Gasteiger partial charge is 0.346 e. The predicted molar refractivity (Wildman–Crippen MR) is 99.9 cm³/mol. The van der Waals surface area contributed by atoms with E-state index in [1.807, 2.05) is 51.1 Å². The SMILES string of the molecule is CCn1ncnc1[C@@H](C)NC(=O)Cn1nc(-c2ccccc2)n(CC)c1=O. The molecule has 9 heteroatoms. The van der Waals surface area contributed by atoms with Crippen molar-refractivity contribution in [2.24, 2.45) is 0 Å². The molecule has 0 spiro atoms. The van der Waals surface area contributed by atoms with E-state index in [4.69, 9.17) is 0 Å². The van der Waals surface area contributed by atoms with Gasteiger partial charge in [0.2, 0.25) is 5.91 Å². The molecule has 0 aliphatic heterocycles. The van der Waals surface area contributed by atoms with Crippen LogP contribution in [0.5, 0.6) is 0 Å². The molecule has 0 fully saturated rings. The second-order valence-corrected chi connectivity index (χ2v) is 6.10. The number of nitrogens with zero attached hydrogens (tertiary/aromatic N) is 6. The van der Waals surface area contributed by atoms with Gasteiger partial charge in [0.15, 0.2) is 5.82 Å². The first-order chi connectivity index (χ1) is 13.0. The highest BCUT2D eigenvalue weighted by molar-refractivity contribution is 5.76. The summed E-state index contributed by atoms with van der Waals surface area (Å²) in [6.45, 7) is 6.64. The molecule has 0 aliphatic carbocycles. The van der Waals surface area contributed by atoms with Gasteiger partial charge in [0.05, 0.1) is 6.04 Å². The first-order valence-electron chi connectivity index (χ1n) is 8.95. The number of carbonyl (C=O) groups excluding carboxylic acids is 1. The zero-order valence-corrected chi connectivity index (χ0v) is 15.7. The Labute approximate surface area is 156 Å². The summed E-state index contributed by atoms with van der Waals surface area (Å²) in [7, 11) is 0. The first-order valence-corrected chi connectivity index (χ1v) is 8.95. The third kappa shape index (κ3) is 3.81. The minimum atomic E-state index is -0.322. The Hall–Kier alpha value is -3.23. The molecule has 3 aromatic rings. The van der Waals surface area contributed by atoms with Gasteiger partial charge in [-0.2, -0.15) is 5.10 Å². The van der Waals surface area contributed by atoms with Crippen LogP contribution in [-0.4, -0.2) is 35.0 Å². The van der Waals surface area contributed by atoms with Crippen LogP contribution in [-0.2, 0) is 24.4 Å². The lowest BCUT2D eigenvalue weighted by molar-refractivity contribution is -0.122. The van der Waals surface area contributed by atoms with E-state index in [0.717, 1.165) is 5.56 Å². The summed E-state index contributed by atoms with van der Waals surface area (Å²) < 4.78 is 4.47. The number of nitrogens with one attached hydrogen (secondary N) is 1. The van der Waals surface area contributed by atoms with Crippen molar-refractivity contribution in [1.29, 1.82) is 0 Å². The highest BCUT2D eigenvalue weighted by Gasteiger charge is 2.19. The number of amides is 1. The van der Waals surface area contributed by atoms with Crippen molar-refractivity contribution in [3.63, 3.8) is 0 Å². The summed E-state index contributed by atoms with van der Waals surface area (Å²) in [5, 5.41) is 11.3. The van der Waals surface area contributed by atoms with E-state index in [0.29, 0.717) is 24.7 Å². The Morgan fingerprint density at radius 1 is 1.15 bits per heavy atom. The molecule has 3 rings (SSSR count). The van der Waals surface area contributed by atoms with Gasteiger partial charge in [-0.25, -0.2) is 19.1 Å². The minimum Gasteiger partial charge on any atom is -0.345 e. The fourth-order valence-corrected chi connectivity index (χ4v) is 2.97. The van der Waals surface area contributed by atoms with Crippen molar-refractivity contribution >= 4 is 5.91 Å². The maximum absolute atomic E-state index is 12.6. The van der Waals surface area contributed by atoms with Gasteiger partial charge in [-0.1, -0.05) is 30.3 Å². The Bertz CT molecular complexity index is 971. The third-order valence-corrected chi connectivity index (χ3v) is 4.27. The van der Waals surface area contributed by atoms with E-state index < -0.39 is 0 Å². The molecule has 1 atom stereocenters. The van der Waals surface area contributed by atoms with Crippen LogP contribution in [0.4, 0.5) is 0 Å². The number of aromatic nitrogens is 6. The lowest BCUT2D eigenvalue weighted by atomic mass is 10.2. The second-order valence-electron chi connectivity index (χ2n) is 6.10. The van der Waals surface area contributed by atoms with Gasteiger partial charge in [0.1, 0.15) is 18.7 Å². The van der Waals surface area contributed by atoms with Crippen LogP contribution in [0, 0.1) is 0 Å². The average molecular weight is 369 g/mol. The highest BCUT2D eigenvalue weighted by Crippen LogP contribution is 2.15. The van der Waals surface area contributed by atoms with E-state index in [1.165, 1.54) is 11.0 Å². The van der Waals surface area contributed by atoms with Crippen molar-refractivity contribution in [1.82, 2.24) is 34.4 Å². The summed E-state index contributed by atoms with van der Waals surface area (Å²) in [4.78, 5) is 29.2. The molecule has 142 valence electrons. The highest BCUT2D eigenvalue weighted by atomic mass is 16.2. The Morgan fingerprint density at radius 2 is 1.89 bits per heavy atom. The van der Waals surface area contributed by atoms with Crippen molar-refractivity contribution in [2.75, 3.05) is 0 Å². The molecule has 0 radical (unpaired) electrons. The zero-order valence-electron chi connectivity index (χ0n) is 15.7. The molecule has 0 unspecified atom stereocenters. The third-order valence-electron chi connectivity index (χ3n) is 4.27. The maximum atomic E-state index is 12.6. The predicted octanol–water partition coefficient (Wildman–Crippen LogP) is 1.22. The molecule has 1 N–H and O–H groups in total. The number of hydrogen-bond donors (Lipinski definition) is 1. The number of aryl methyl sites for hydroxylation is 1. The van der Waals surface area contributed by atoms with Crippen LogP contribution in [0.3, 0.4) is 0 Å². The maximum Gasteiger partial charge on any atom is 0.346 e. The van der Waals surface area contributed by atoms with Crippen molar-refractivity contribution in [3.8, 4) is 11.4 Å².